The van der Waals surface area contributed by atoms with Crippen LogP contribution in [0.3, 0.4) is 0 Å². The minimum atomic E-state index is 0.558. The summed E-state index contributed by atoms with van der Waals surface area (Å²) in [5.41, 5.74) is 6.43. The SMILES string of the molecule is CCCc1nc(/C=C\c2ccc3ccccc3c2)c(C=O)n1Cc1ccc(-c2ccccc2-c2nn[nH]n2)cc1. The normalized spacial score (nSPS) is 11.4. The van der Waals surface area contributed by atoms with Crippen LogP contribution in [0.25, 0.3) is 45.4 Å². The molecular formula is C33H28N6O. The number of tetrazole rings is 1. The second-order valence-electron chi connectivity index (χ2n) is 9.67. The van der Waals surface area contributed by atoms with Crippen molar-refractivity contribution in [1.29, 1.82) is 0 Å². The van der Waals surface area contributed by atoms with E-state index in [2.05, 4.69) is 88.2 Å². The van der Waals surface area contributed by atoms with Crippen molar-refractivity contribution in [2.75, 3.05) is 0 Å². The molecule has 40 heavy (non-hydrogen) atoms. The fraction of sp³-hybridized carbons (Fsp3) is 0.121. The van der Waals surface area contributed by atoms with Crippen LogP contribution in [0, 0.1) is 0 Å². The molecule has 0 aliphatic carbocycles. The molecule has 6 aromatic rings. The monoisotopic (exact) mass is 524 g/mol. The van der Waals surface area contributed by atoms with Crippen molar-refractivity contribution in [3.05, 3.63) is 119 Å². The number of nitrogens with one attached hydrogen (secondary N) is 1. The molecule has 0 saturated carbocycles. The van der Waals surface area contributed by atoms with E-state index in [-0.39, 0.29) is 0 Å². The summed E-state index contributed by atoms with van der Waals surface area (Å²) in [7, 11) is 0. The Morgan fingerprint density at radius 3 is 2.38 bits per heavy atom. The summed E-state index contributed by atoms with van der Waals surface area (Å²) in [6.45, 7) is 2.69. The Morgan fingerprint density at radius 1 is 0.850 bits per heavy atom. The second-order valence-corrected chi connectivity index (χ2v) is 9.67. The zero-order valence-corrected chi connectivity index (χ0v) is 22.2. The number of hydrogen-bond acceptors (Lipinski definition) is 5. The first kappa shape index (κ1) is 25.1. The number of aryl methyl sites for hydroxylation is 1. The number of aldehydes is 1. The molecule has 0 spiro atoms. The molecule has 7 nitrogen and oxygen atoms in total. The predicted molar refractivity (Wildman–Crippen MR) is 159 cm³/mol. The van der Waals surface area contributed by atoms with Gasteiger partial charge in [-0.25, -0.2) is 4.98 Å². The third kappa shape index (κ3) is 5.09. The van der Waals surface area contributed by atoms with Gasteiger partial charge in [-0.15, -0.1) is 10.2 Å². The number of fused-ring (bicyclic) bond motifs is 1. The van der Waals surface area contributed by atoms with Crippen molar-refractivity contribution in [3.63, 3.8) is 0 Å². The van der Waals surface area contributed by atoms with E-state index in [0.717, 1.165) is 52.8 Å². The minimum Gasteiger partial charge on any atom is -0.321 e. The summed E-state index contributed by atoms with van der Waals surface area (Å²) in [6.07, 6.45) is 6.62. The Balaban J connectivity index is 1.29. The molecular weight excluding hydrogens is 496 g/mol. The molecule has 0 atom stereocenters. The maximum atomic E-state index is 12.3. The lowest BCUT2D eigenvalue weighted by Crippen LogP contribution is -2.08. The largest absolute Gasteiger partial charge is 0.321 e. The van der Waals surface area contributed by atoms with E-state index < -0.39 is 0 Å². The van der Waals surface area contributed by atoms with Gasteiger partial charge in [0.05, 0.1) is 5.69 Å². The van der Waals surface area contributed by atoms with Gasteiger partial charge in [0.2, 0.25) is 5.82 Å². The van der Waals surface area contributed by atoms with Crippen molar-refractivity contribution in [2.45, 2.75) is 26.3 Å². The molecule has 1 N–H and O–H groups in total. The number of benzene rings is 4. The molecule has 0 fully saturated rings. The molecule has 0 aliphatic rings. The summed E-state index contributed by atoms with van der Waals surface area (Å²) in [6, 6.07) is 31.0. The van der Waals surface area contributed by atoms with E-state index in [4.69, 9.17) is 4.98 Å². The predicted octanol–water partition coefficient (Wildman–Crippen LogP) is 6.87. The van der Waals surface area contributed by atoms with Crippen LogP contribution >= 0.6 is 0 Å². The molecule has 0 radical (unpaired) electrons. The van der Waals surface area contributed by atoms with Crippen LogP contribution in [-0.4, -0.2) is 36.5 Å². The number of aromatic nitrogens is 6. The van der Waals surface area contributed by atoms with Crippen LogP contribution < -0.4 is 0 Å². The van der Waals surface area contributed by atoms with Crippen molar-refractivity contribution in [2.24, 2.45) is 0 Å². The summed E-state index contributed by atoms with van der Waals surface area (Å²) in [5, 5.41) is 16.9. The fourth-order valence-electron chi connectivity index (χ4n) is 5.04. The van der Waals surface area contributed by atoms with Gasteiger partial charge in [0.25, 0.3) is 0 Å². The number of imidazole rings is 1. The van der Waals surface area contributed by atoms with Gasteiger partial charge in [0.15, 0.2) is 6.29 Å². The number of H-pyrrole nitrogens is 1. The zero-order chi connectivity index (χ0) is 27.3. The lowest BCUT2D eigenvalue weighted by molar-refractivity contribution is 0.111. The van der Waals surface area contributed by atoms with E-state index in [1.807, 2.05) is 47.1 Å². The van der Waals surface area contributed by atoms with Gasteiger partial charge in [-0.05, 0) is 56.8 Å². The van der Waals surface area contributed by atoms with Crippen LogP contribution in [0.5, 0.6) is 0 Å². The van der Waals surface area contributed by atoms with E-state index in [1.165, 1.54) is 10.8 Å². The molecule has 4 aromatic carbocycles. The highest BCUT2D eigenvalue weighted by Gasteiger charge is 2.16. The standard InChI is InChI=1S/C33H28N6O/c1-2-7-32-34-30(19-15-23-12-16-25-8-3-4-9-27(25)20-23)31(22-40)39(32)21-24-13-17-26(18-14-24)28-10-5-6-11-29(28)33-35-37-38-36-33/h3-6,8-20,22H,2,7,21H2,1H3,(H,35,36,37,38)/b19-15-. The molecule has 196 valence electrons. The number of aromatic amines is 1. The van der Waals surface area contributed by atoms with Crippen molar-refractivity contribution < 1.29 is 4.79 Å². The van der Waals surface area contributed by atoms with Crippen molar-refractivity contribution in [3.8, 4) is 22.5 Å². The average molecular weight is 525 g/mol. The molecule has 0 bridgehead atoms. The number of carbonyl (C=O) groups is 1. The van der Waals surface area contributed by atoms with E-state index in [9.17, 15) is 4.79 Å². The highest BCUT2D eigenvalue weighted by Crippen LogP contribution is 2.30. The van der Waals surface area contributed by atoms with Crippen LogP contribution in [0.2, 0.25) is 0 Å². The zero-order valence-electron chi connectivity index (χ0n) is 22.2. The van der Waals surface area contributed by atoms with Crippen LogP contribution in [0.15, 0.2) is 91.0 Å². The fourth-order valence-corrected chi connectivity index (χ4v) is 5.04. The maximum Gasteiger partial charge on any atom is 0.205 e. The second kappa shape index (κ2) is 11.3. The van der Waals surface area contributed by atoms with Crippen LogP contribution in [-0.2, 0) is 13.0 Å². The lowest BCUT2D eigenvalue weighted by atomic mass is 9.98. The summed E-state index contributed by atoms with van der Waals surface area (Å²) in [4.78, 5) is 17.2. The Morgan fingerprint density at radius 2 is 1.62 bits per heavy atom. The van der Waals surface area contributed by atoms with Crippen LogP contribution in [0.4, 0.5) is 0 Å². The van der Waals surface area contributed by atoms with Gasteiger partial charge in [0.1, 0.15) is 11.5 Å². The van der Waals surface area contributed by atoms with Crippen molar-refractivity contribution in [1.82, 2.24) is 30.2 Å². The van der Waals surface area contributed by atoms with Gasteiger partial charge >= 0.3 is 0 Å². The summed E-state index contributed by atoms with van der Waals surface area (Å²) < 4.78 is 2.04. The van der Waals surface area contributed by atoms with Gasteiger partial charge in [-0.2, -0.15) is 5.21 Å². The maximum absolute atomic E-state index is 12.3. The Hall–Kier alpha value is -5.17. The smallest absolute Gasteiger partial charge is 0.205 e. The van der Waals surface area contributed by atoms with Gasteiger partial charge in [-0.3, -0.25) is 4.79 Å². The Kier molecular flexibility index (Phi) is 7.09. The van der Waals surface area contributed by atoms with E-state index >= 15 is 0 Å². The number of carbonyl (C=O) groups excluding carboxylic acids is 1. The minimum absolute atomic E-state index is 0.558. The average Bonchev–Trinajstić information content (AvgIpc) is 3.65. The molecule has 0 unspecified atom stereocenters. The van der Waals surface area contributed by atoms with Crippen LogP contribution in [0.1, 0.15) is 46.5 Å². The van der Waals surface area contributed by atoms with Gasteiger partial charge < -0.3 is 4.57 Å². The number of rotatable bonds is 9. The molecule has 2 heterocycles. The Labute approximate surface area is 232 Å². The third-order valence-electron chi connectivity index (χ3n) is 7.03. The molecule has 6 rings (SSSR count). The third-order valence-corrected chi connectivity index (χ3v) is 7.03. The van der Waals surface area contributed by atoms with Gasteiger partial charge in [0, 0.05) is 18.5 Å². The highest BCUT2D eigenvalue weighted by atomic mass is 16.1. The van der Waals surface area contributed by atoms with Crippen molar-refractivity contribution >= 4 is 29.2 Å². The molecule has 2 aromatic heterocycles. The topological polar surface area (TPSA) is 89.4 Å². The molecule has 0 amide bonds. The Bertz CT molecular complexity index is 1800. The highest BCUT2D eigenvalue weighted by molar-refractivity contribution is 5.87. The first-order valence-electron chi connectivity index (χ1n) is 13.4. The quantitative estimate of drug-likeness (QED) is 0.209. The number of nitrogens with zero attached hydrogens (tertiary/aromatic N) is 5. The lowest BCUT2D eigenvalue weighted by Gasteiger charge is -2.11. The summed E-state index contributed by atoms with van der Waals surface area (Å²) in [5.74, 6) is 1.47. The first-order valence-corrected chi connectivity index (χ1v) is 13.4. The first-order chi connectivity index (χ1) is 19.7. The summed E-state index contributed by atoms with van der Waals surface area (Å²) >= 11 is 0. The van der Waals surface area contributed by atoms with E-state index in [1.54, 1.807) is 0 Å². The van der Waals surface area contributed by atoms with E-state index in [0.29, 0.717) is 23.8 Å². The molecule has 0 aliphatic heterocycles. The molecule has 0 saturated heterocycles. The molecule has 7 heteroatoms. The van der Waals surface area contributed by atoms with Gasteiger partial charge in [-0.1, -0.05) is 97.9 Å². The number of hydrogen-bond donors (Lipinski definition) is 1.